The first kappa shape index (κ1) is 17.6. The third-order valence-electron chi connectivity index (χ3n) is 2.99. The summed E-state index contributed by atoms with van der Waals surface area (Å²) >= 11 is 0. The Balaban J connectivity index is 2.88. The molecule has 6 nitrogen and oxygen atoms in total. The number of Topliss-reactive ketones (excluding diaryl/α,β-unsaturated/α-hetero) is 1. The molecule has 0 aliphatic heterocycles. The Hall–Kier alpha value is -2.50. The van der Waals surface area contributed by atoms with Crippen molar-refractivity contribution in [2.24, 2.45) is 5.92 Å². The zero-order valence-electron chi connectivity index (χ0n) is 13.0. The van der Waals surface area contributed by atoms with E-state index in [2.05, 4.69) is 4.74 Å². The molecule has 0 saturated carbocycles. The number of phenols is 2. The number of rotatable bonds is 6. The number of carbonyl (C=O) groups is 2. The van der Waals surface area contributed by atoms with Crippen LogP contribution in [0.4, 0.5) is 0 Å². The Bertz CT molecular complexity index is 578. The van der Waals surface area contributed by atoms with Crippen molar-refractivity contribution in [2.45, 2.75) is 20.8 Å². The van der Waals surface area contributed by atoms with Gasteiger partial charge < -0.3 is 19.7 Å². The van der Waals surface area contributed by atoms with E-state index in [1.54, 1.807) is 20.8 Å². The zero-order valence-corrected chi connectivity index (χ0v) is 13.0. The number of hydrogen-bond acceptors (Lipinski definition) is 6. The molecule has 0 heterocycles. The lowest BCUT2D eigenvalue weighted by atomic mass is 9.99. The van der Waals surface area contributed by atoms with Crippen LogP contribution in [0.2, 0.25) is 0 Å². The molecule has 0 fully saturated rings. The third kappa shape index (κ3) is 4.25. The number of esters is 1. The second kappa shape index (κ2) is 7.49. The van der Waals surface area contributed by atoms with Gasteiger partial charge in [-0.3, -0.25) is 4.79 Å². The molecule has 0 aliphatic rings. The first-order valence-electron chi connectivity index (χ1n) is 6.76. The normalized spacial score (nSPS) is 11.4. The minimum Gasteiger partial charge on any atom is -0.507 e. The molecule has 0 atom stereocenters. The van der Waals surface area contributed by atoms with Crippen molar-refractivity contribution in [1.82, 2.24) is 0 Å². The lowest BCUT2D eigenvalue weighted by molar-refractivity contribution is -0.136. The standard InChI is InChI=1S/C16H20O6/c1-9(2)15(19)14-12(17)7-11(8-13(14)18)22-6-5-10(3)16(20)21-4/h5,7-9,17-18H,6H2,1-4H3. The molecule has 0 saturated heterocycles. The van der Waals surface area contributed by atoms with Crippen molar-refractivity contribution in [3.63, 3.8) is 0 Å². The predicted octanol–water partition coefficient (Wildman–Crippen LogP) is 2.43. The minimum atomic E-state index is -0.466. The molecule has 2 N–H and O–H groups in total. The fourth-order valence-electron chi connectivity index (χ4n) is 1.72. The van der Waals surface area contributed by atoms with E-state index in [-0.39, 0.29) is 41.1 Å². The van der Waals surface area contributed by atoms with Gasteiger partial charge in [-0.25, -0.2) is 4.79 Å². The van der Waals surface area contributed by atoms with E-state index in [9.17, 15) is 19.8 Å². The number of aromatic hydroxyl groups is 2. The van der Waals surface area contributed by atoms with E-state index < -0.39 is 5.97 Å². The molecule has 1 aromatic carbocycles. The van der Waals surface area contributed by atoms with Crippen LogP contribution in [0, 0.1) is 5.92 Å². The number of ketones is 1. The number of hydrogen-bond donors (Lipinski definition) is 2. The Kier molecular flexibility index (Phi) is 5.98. The average molecular weight is 308 g/mol. The number of ether oxygens (including phenoxy) is 2. The predicted molar refractivity (Wildman–Crippen MR) is 80.2 cm³/mol. The van der Waals surface area contributed by atoms with Crippen molar-refractivity contribution in [3.05, 3.63) is 29.3 Å². The smallest absolute Gasteiger partial charge is 0.333 e. The molecule has 0 radical (unpaired) electrons. The molecule has 0 unspecified atom stereocenters. The van der Waals surface area contributed by atoms with Crippen LogP contribution in [-0.4, -0.2) is 35.7 Å². The quantitative estimate of drug-likeness (QED) is 0.476. The first-order chi connectivity index (χ1) is 10.3. The number of benzene rings is 1. The highest BCUT2D eigenvalue weighted by molar-refractivity contribution is 6.02. The Morgan fingerprint density at radius 2 is 1.77 bits per heavy atom. The van der Waals surface area contributed by atoms with E-state index in [0.717, 1.165) is 0 Å². The van der Waals surface area contributed by atoms with Crippen LogP contribution in [0.15, 0.2) is 23.8 Å². The fourth-order valence-corrected chi connectivity index (χ4v) is 1.72. The molecule has 0 spiro atoms. The van der Waals surface area contributed by atoms with E-state index >= 15 is 0 Å². The van der Waals surface area contributed by atoms with Gasteiger partial charge in [0.2, 0.25) is 0 Å². The highest BCUT2D eigenvalue weighted by atomic mass is 16.5. The van der Waals surface area contributed by atoms with Gasteiger partial charge in [-0.2, -0.15) is 0 Å². The summed E-state index contributed by atoms with van der Waals surface area (Å²) in [5.41, 5.74) is 0.256. The largest absolute Gasteiger partial charge is 0.507 e. The maximum absolute atomic E-state index is 11.9. The zero-order chi connectivity index (χ0) is 16.9. The summed E-state index contributed by atoms with van der Waals surface area (Å²) in [7, 11) is 1.28. The molecule has 0 amide bonds. The molecule has 1 rings (SSSR count). The van der Waals surface area contributed by atoms with Crippen LogP contribution in [-0.2, 0) is 9.53 Å². The number of carbonyl (C=O) groups excluding carboxylic acids is 2. The molecular weight excluding hydrogens is 288 g/mol. The second-order valence-electron chi connectivity index (χ2n) is 5.05. The Morgan fingerprint density at radius 3 is 2.23 bits per heavy atom. The van der Waals surface area contributed by atoms with Crippen molar-refractivity contribution in [2.75, 3.05) is 13.7 Å². The monoisotopic (exact) mass is 308 g/mol. The van der Waals surface area contributed by atoms with Gasteiger partial charge in [0.1, 0.15) is 29.4 Å². The molecular formula is C16H20O6. The molecule has 120 valence electrons. The number of methoxy groups -OCH3 is 1. The Morgan fingerprint density at radius 1 is 1.23 bits per heavy atom. The fraction of sp³-hybridized carbons (Fsp3) is 0.375. The average Bonchev–Trinajstić information content (AvgIpc) is 2.45. The summed E-state index contributed by atoms with van der Waals surface area (Å²) in [5.74, 6) is -1.68. The van der Waals surface area contributed by atoms with Gasteiger partial charge in [0.05, 0.1) is 7.11 Å². The van der Waals surface area contributed by atoms with E-state index in [1.807, 2.05) is 0 Å². The molecule has 0 aliphatic carbocycles. The van der Waals surface area contributed by atoms with Crippen LogP contribution < -0.4 is 4.74 Å². The van der Waals surface area contributed by atoms with Gasteiger partial charge in [-0.05, 0) is 13.0 Å². The highest BCUT2D eigenvalue weighted by Crippen LogP contribution is 2.34. The lowest BCUT2D eigenvalue weighted by Gasteiger charge is -2.11. The van der Waals surface area contributed by atoms with Crippen molar-refractivity contribution >= 4 is 11.8 Å². The maximum atomic E-state index is 11.9. The highest BCUT2D eigenvalue weighted by Gasteiger charge is 2.20. The third-order valence-corrected chi connectivity index (χ3v) is 2.99. The van der Waals surface area contributed by atoms with Gasteiger partial charge in [0, 0.05) is 23.6 Å². The van der Waals surface area contributed by atoms with Gasteiger partial charge in [-0.15, -0.1) is 0 Å². The van der Waals surface area contributed by atoms with Gasteiger partial charge in [0.25, 0.3) is 0 Å². The summed E-state index contributed by atoms with van der Waals surface area (Å²) in [6.07, 6.45) is 1.51. The van der Waals surface area contributed by atoms with Crippen LogP contribution in [0.5, 0.6) is 17.2 Å². The molecule has 1 aromatic rings. The Labute approximate surface area is 129 Å². The van der Waals surface area contributed by atoms with Crippen LogP contribution >= 0.6 is 0 Å². The first-order valence-corrected chi connectivity index (χ1v) is 6.76. The van der Waals surface area contributed by atoms with Gasteiger partial charge >= 0.3 is 5.97 Å². The van der Waals surface area contributed by atoms with Crippen molar-refractivity contribution in [3.8, 4) is 17.2 Å². The van der Waals surface area contributed by atoms with Crippen molar-refractivity contribution < 1.29 is 29.3 Å². The lowest BCUT2D eigenvalue weighted by Crippen LogP contribution is -2.08. The van der Waals surface area contributed by atoms with Crippen molar-refractivity contribution in [1.29, 1.82) is 0 Å². The molecule has 22 heavy (non-hydrogen) atoms. The van der Waals surface area contributed by atoms with Crippen LogP contribution in [0.3, 0.4) is 0 Å². The topological polar surface area (TPSA) is 93.1 Å². The molecule has 0 bridgehead atoms. The minimum absolute atomic E-state index is 0.0529. The van der Waals surface area contributed by atoms with E-state index in [1.165, 1.54) is 25.3 Å². The van der Waals surface area contributed by atoms with Crippen LogP contribution in [0.1, 0.15) is 31.1 Å². The van der Waals surface area contributed by atoms with E-state index in [0.29, 0.717) is 5.57 Å². The maximum Gasteiger partial charge on any atom is 0.333 e. The van der Waals surface area contributed by atoms with Gasteiger partial charge in [0.15, 0.2) is 5.78 Å². The second-order valence-corrected chi connectivity index (χ2v) is 5.05. The summed E-state index contributed by atoms with van der Waals surface area (Å²) in [6.45, 7) is 4.98. The van der Waals surface area contributed by atoms with E-state index in [4.69, 9.17) is 4.74 Å². The molecule has 6 heteroatoms. The summed E-state index contributed by atoms with van der Waals surface area (Å²) < 4.78 is 9.85. The molecule has 0 aromatic heterocycles. The summed E-state index contributed by atoms with van der Waals surface area (Å²) in [6, 6.07) is 2.49. The summed E-state index contributed by atoms with van der Waals surface area (Å²) in [5, 5.41) is 19.8. The SMILES string of the molecule is COC(=O)C(C)=CCOc1cc(O)c(C(=O)C(C)C)c(O)c1. The number of phenolic OH excluding ortho intramolecular Hbond substituents is 2. The summed E-state index contributed by atoms with van der Waals surface area (Å²) in [4.78, 5) is 23.1. The van der Waals surface area contributed by atoms with Crippen LogP contribution in [0.25, 0.3) is 0 Å². The van der Waals surface area contributed by atoms with Gasteiger partial charge in [-0.1, -0.05) is 13.8 Å².